The molecule has 5 heteroatoms. The van der Waals surface area contributed by atoms with Gasteiger partial charge in [0.2, 0.25) is 5.28 Å². The fourth-order valence-corrected chi connectivity index (χ4v) is 3.77. The highest BCUT2D eigenvalue weighted by atomic mass is 35.5. The van der Waals surface area contributed by atoms with E-state index in [0.29, 0.717) is 11.3 Å². The van der Waals surface area contributed by atoms with Crippen LogP contribution in [-0.4, -0.2) is 40.0 Å². The fourth-order valence-electron chi connectivity index (χ4n) is 3.55. The van der Waals surface area contributed by atoms with E-state index in [1.54, 1.807) is 0 Å². The Morgan fingerprint density at radius 3 is 2.58 bits per heavy atom. The lowest BCUT2D eigenvalue weighted by atomic mass is 9.82. The smallest absolute Gasteiger partial charge is 0.224 e. The highest BCUT2D eigenvalue weighted by molar-refractivity contribution is 6.28. The maximum absolute atomic E-state index is 5.92. The number of fused-ring (bicyclic) bond motifs is 2. The highest BCUT2D eigenvalue weighted by Crippen LogP contribution is 2.33. The zero-order chi connectivity index (χ0) is 13.4. The third-order valence-electron chi connectivity index (χ3n) is 4.52. The Morgan fingerprint density at radius 1 is 1.26 bits per heavy atom. The molecule has 2 aliphatic rings. The number of hydrogen-bond acceptors (Lipinski definition) is 4. The van der Waals surface area contributed by atoms with E-state index in [0.717, 1.165) is 23.6 Å². The van der Waals surface area contributed by atoms with Crippen molar-refractivity contribution >= 4 is 17.4 Å². The molecule has 2 unspecified atom stereocenters. The van der Waals surface area contributed by atoms with Gasteiger partial charge in [0, 0.05) is 29.9 Å². The van der Waals surface area contributed by atoms with E-state index in [1.807, 2.05) is 13.0 Å². The minimum Gasteiger partial charge on any atom is -0.367 e. The maximum atomic E-state index is 5.92. The molecule has 0 spiro atoms. The van der Waals surface area contributed by atoms with E-state index in [1.165, 1.54) is 32.1 Å². The zero-order valence-electron chi connectivity index (χ0n) is 11.6. The van der Waals surface area contributed by atoms with Crippen LogP contribution in [0.5, 0.6) is 0 Å². The van der Waals surface area contributed by atoms with Gasteiger partial charge in [-0.05, 0) is 51.3 Å². The zero-order valence-corrected chi connectivity index (χ0v) is 12.3. The van der Waals surface area contributed by atoms with Crippen molar-refractivity contribution in [3.05, 3.63) is 17.0 Å². The van der Waals surface area contributed by atoms with Crippen LogP contribution in [-0.2, 0) is 0 Å². The third-order valence-corrected chi connectivity index (χ3v) is 4.69. The van der Waals surface area contributed by atoms with Gasteiger partial charge in [0.1, 0.15) is 5.82 Å². The molecular formula is C14H21ClN4. The number of nitrogens with one attached hydrogen (secondary N) is 1. The minimum absolute atomic E-state index is 0.329. The molecule has 3 rings (SSSR count). The summed E-state index contributed by atoms with van der Waals surface area (Å²) in [5, 5.41) is 3.88. The molecule has 1 aromatic rings. The summed E-state index contributed by atoms with van der Waals surface area (Å²) in [5.41, 5.74) is 0.913. The molecule has 0 aliphatic carbocycles. The summed E-state index contributed by atoms with van der Waals surface area (Å²) in [6, 6.07) is 3.93. The molecular weight excluding hydrogens is 260 g/mol. The van der Waals surface area contributed by atoms with Crippen LogP contribution in [0.3, 0.4) is 0 Å². The van der Waals surface area contributed by atoms with Gasteiger partial charge in [-0.2, -0.15) is 0 Å². The van der Waals surface area contributed by atoms with Crippen LogP contribution < -0.4 is 5.32 Å². The molecule has 0 amide bonds. The number of nitrogens with zero attached hydrogens (tertiary/aromatic N) is 3. The average Bonchev–Trinajstić information content (AvgIpc) is 2.29. The van der Waals surface area contributed by atoms with Crippen molar-refractivity contribution in [1.82, 2.24) is 14.9 Å². The van der Waals surface area contributed by atoms with Gasteiger partial charge in [0.15, 0.2) is 0 Å². The molecule has 2 saturated heterocycles. The Kier molecular flexibility index (Phi) is 3.63. The van der Waals surface area contributed by atoms with Crippen molar-refractivity contribution < 1.29 is 0 Å². The Bertz CT molecular complexity index is 431. The lowest BCUT2D eigenvalue weighted by Crippen LogP contribution is -2.52. The first-order chi connectivity index (χ1) is 9.11. The van der Waals surface area contributed by atoms with Crippen LogP contribution >= 0.6 is 11.6 Å². The summed E-state index contributed by atoms with van der Waals surface area (Å²) in [6.45, 7) is 1.95. The normalized spacial score (nSPS) is 31.2. The Balaban J connectivity index is 1.70. The molecule has 0 radical (unpaired) electrons. The van der Waals surface area contributed by atoms with Gasteiger partial charge >= 0.3 is 0 Å². The predicted octanol–water partition coefficient (Wildman–Crippen LogP) is 2.87. The van der Waals surface area contributed by atoms with Gasteiger partial charge in [0.25, 0.3) is 0 Å². The Labute approximate surface area is 119 Å². The molecule has 2 aliphatic heterocycles. The largest absolute Gasteiger partial charge is 0.367 e. The van der Waals surface area contributed by atoms with Crippen molar-refractivity contribution in [3.63, 3.8) is 0 Å². The van der Waals surface area contributed by atoms with Crippen LogP contribution in [0.15, 0.2) is 6.07 Å². The van der Waals surface area contributed by atoms with E-state index < -0.39 is 0 Å². The Hall–Kier alpha value is -0.870. The lowest BCUT2D eigenvalue weighted by molar-refractivity contribution is 0.0608. The first-order valence-electron chi connectivity index (χ1n) is 7.11. The molecule has 104 valence electrons. The van der Waals surface area contributed by atoms with Crippen LogP contribution in [0, 0.1) is 6.92 Å². The van der Waals surface area contributed by atoms with Crippen LogP contribution in [0.4, 0.5) is 5.82 Å². The second-order valence-corrected chi connectivity index (χ2v) is 6.22. The standard InChI is InChI=1S/C14H21ClN4/c1-9-6-13(18-14(15)16-9)17-10-7-11-4-3-5-12(8-10)19(11)2/h6,10-12H,3-5,7-8H2,1-2H3,(H,16,17,18). The lowest BCUT2D eigenvalue weighted by Gasteiger charge is -2.47. The number of piperidine rings is 2. The highest BCUT2D eigenvalue weighted by Gasteiger charge is 2.35. The summed E-state index contributed by atoms with van der Waals surface area (Å²) in [6.07, 6.45) is 6.44. The summed E-state index contributed by atoms with van der Waals surface area (Å²) < 4.78 is 0. The predicted molar refractivity (Wildman–Crippen MR) is 77.6 cm³/mol. The number of halogens is 1. The summed E-state index contributed by atoms with van der Waals surface area (Å²) in [7, 11) is 2.27. The van der Waals surface area contributed by atoms with Gasteiger partial charge in [-0.25, -0.2) is 9.97 Å². The molecule has 3 heterocycles. The van der Waals surface area contributed by atoms with E-state index in [9.17, 15) is 0 Å². The second kappa shape index (κ2) is 5.25. The van der Waals surface area contributed by atoms with Crippen LogP contribution in [0.25, 0.3) is 0 Å². The summed E-state index contributed by atoms with van der Waals surface area (Å²) in [5.74, 6) is 0.866. The third kappa shape index (κ3) is 2.84. The van der Waals surface area contributed by atoms with Crippen molar-refractivity contribution in [2.24, 2.45) is 0 Å². The molecule has 0 saturated carbocycles. The van der Waals surface area contributed by atoms with Gasteiger partial charge in [-0.3, -0.25) is 0 Å². The van der Waals surface area contributed by atoms with Crippen molar-refractivity contribution in [2.75, 3.05) is 12.4 Å². The molecule has 4 nitrogen and oxygen atoms in total. The number of aryl methyl sites for hydroxylation is 1. The second-order valence-electron chi connectivity index (χ2n) is 5.88. The van der Waals surface area contributed by atoms with Crippen molar-refractivity contribution in [1.29, 1.82) is 0 Å². The number of aromatic nitrogens is 2. The molecule has 2 bridgehead atoms. The molecule has 2 atom stereocenters. The number of hydrogen-bond donors (Lipinski definition) is 1. The molecule has 1 aromatic heterocycles. The average molecular weight is 281 g/mol. The monoisotopic (exact) mass is 280 g/mol. The quantitative estimate of drug-likeness (QED) is 0.846. The summed E-state index contributed by atoms with van der Waals surface area (Å²) >= 11 is 5.92. The molecule has 19 heavy (non-hydrogen) atoms. The van der Waals surface area contributed by atoms with Crippen molar-refractivity contribution in [2.45, 2.75) is 57.2 Å². The maximum Gasteiger partial charge on any atom is 0.224 e. The SMILES string of the molecule is Cc1cc(NC2CC3CCCC(C2)N3C)nc(Cl)n1. The van der Waals surface area contributed by atoms with Gasteiger partial charge in [0.05, 0.1) is 0 Å². The fraction of sp³-hybridized carbons (Fsp3) is 0.714. The number of anilines is 1. The summed E-state index contributed by atoms with van der Waals surface area (Å²) in [4.78, 5) is 10.9. The minimum atomic E-state index is 0.329. The molecule has 1 N–H and O–H groups in total. The van der Waals surface area contributed by atoms with E-state index in [-0.39, 0.29) is 0 Å². The van der Waals surface area contributed by atoms with Crippen molar-refractivity contribution in [3.8, 4) is 0 Å². The van der Waals surface area contributed by atoms with E-state index in [4.69, 9.17) is 11.6 Å². The first-order valence-corrected chi connectivity index (χ1v) is 7.49. The first kappa shape index (κ1) is 13.1. The van der Waals surface area contributed by atoms with E-state index in [2.05, 4.69) is 27.2 Å². The van der Waals surface area contributed by atoms with E-state index >= 15 is 0 Å². The molecule has 0 aromatic carbocycles. The Morgan fingerprint density at radius 2 is 1.95 bits per heavy atom. The van der Waals surface area contributed by atoms with Gasteiger partial charge < -0.3 is 10.2 Å². The van der Waals surface area contributed by atoms with Gasteiger partial charge in [-0.15, -0.1) is 0 Å². The molecule has 2 fully saturated rings. The van der Waals surface area contributed by atoms with Crippen LogP contribution in [0.1, 0.15) is 37.8 Å². The topological polar surface area (TPSA) is 41.0 Å². The number of rotatable bonds is 2. The van der Waals surface area contributed by atoms with Gasteiger partial charge in [-0.1, -0.05) is 6.42 Å². The van der Waals surface area contributed by atoms with Crippen LogP contribution in [0.2, 0.25) is 5.28 Å².